The second-order valence-corrected chi connectivity index (χ2v) is 7.15. The molecule has 1 aromatic heterocycles. The fraction of sp³-hybridized carbons (Fsp3) is 0.0800. The second kappa shape index (κ2) is 9.18. The topological polar surface area (TPSA) is 93.2 Å². The number of aromatic amines is 1. The maximum atomic E-state index is 12.4. The molecule has 160 valence electrons. The van der Waals surface area contributed by atoms with Gasteiger partial charge in [0.1, 0.15) is 0 Å². The monoisotopic (exact) mass is 427 g/mol. The van der Waals surface area contributed by atoms with Gasteiger partial charge in [-0.05, 0) is 42.8 Å². The zero-order chi connectivity index (χ0) is 22.5. The lowest BCUT2D eigenvalue weighted by molar-refractivity contribution is -0.119. The zero-order valence-electron chi connectivity index (χ0n) is 17.4. The molecule has 0 atom stereocenters. The molecule has 0 unspecified atom stereocenters. The summed E-state index contributed by atoms with van der Waals surface area (Å²) in [5, 5.41) is 2.80. The van der Waals surface area contributed by atoms with E-state index in [9.17, 15) is 14.4 Å². The van der Waals surface area contributed by atoms with Gasteiger partial charge in [-0.1, -0.05) is 48.5 Å². The van der Waals surface area contributed by atoms with Crippen LogP contribution in [-0.2, 0) is 9.53 Å². The van der Waals surface area contributed by atoms with E-state index < -0.39 is 18.5 Å². The van der Waals surface area contributed by atoms with Gasteiger partial charge in [-0.15, -0.1) is 0 Å². The Morgan fingerprint density at radius 3 is 2.31 bits per heavy atom. The van der Waals surface area contributed by atoms with Crippen molar-refractivity contribution < 1.29 is 14.3 Å². The van der Waals surface area contributed by atoms with Gasteiger partial charge >= 0.3 is 11.7 Å². The molecule has 0 aliphatic heterocycles. The molecule has 0 fully saturated rings. The van der Waals surface area contributed by atoms with Crippen molar-refractivity contribution in [3.8, 4) is 16.8 Å². The summed E-state index contributed by atoms with van der Waals surface area (Å²) in [7, 11) is 0. The number of anilines is 1. The third-order valence-corrected chi connectivity index (χ3v) is 4.94. The molecule has 3 aromatic carbocycles. The van der Waals surface area contributed by atoms with E-state index in [0.717, 1.165) is 16.8 Å². The number of esters is 1. The van der Waals surface area contributed by atoms with Gasteiger partial charge in [-0.25, -0.2) is 9.59 Å². The van der Waals surface area contributed by atoms with Crippen LogP contribution in [0.4, 0.5) is 5.69 Å². The summed E-state index contributed by atoms with van der Waals surface area (Å²) in [6, 6.07) is 23.5. The number of nitrogens with one attached hydrogen (secondary N) is 2. The van der Waals surface area contributed by atoms with Crippen LogP contribution in [0.5, 0.6) is 0 Å². The summed E-state index contributed by atoms with van der Waals surface area (Å²) >= 11 is 0. The standard InChI is InChI=1S/C25H21N3O4/c1-17-15-26-25(31)28(17)20-13-11-19(12-14-20)24(30)32-16-23(29)27-22-10-6-5-9-21(22)18-7-3-2-4-8-18/h2-15H,16H2,1H3,(H,26,31)(H,27,29). The molecule has 1 amide bonds. The van der Waals surface area contributed by atoms with E-state index in [4.69, 9.17) is 4.74 Å². The fourth-order valence-corrected chi connectivity index (χ4v) is 3.39. The number of ether oxygens (including phenoxy) is 1. The molecule has 7 nitrogen and oxygen atoms in total. The van der Waals surface area contributed by atoms with Gasteiger partial charge < -0.3 is 15.0 Å². The molecule has 7 heteroatoms. The van der Waals surface area contributed by atoms with Crippen LogP contribution < -0.4 is 11.0 Å². The van der Waals surface area contributed by atoms with Crippen molar-refractivity contribution in [3.63, 3.8) is 0 Å². The first kappa shape index (κ1) is 20.9. The van der Waals surface area contributed by atoms with E-state index in [0.29, 0.717) is 11.4 Å². The number of hydrogen-bond donors (Lipinski definition) is 2. The van der Waals surface area contributed by atoms with Gasteiger partial charge in [-0.2, -0.15) is 0 Å². The van der Waals surface area contributed by atoms with E-state index >= 15 is 0 Å². The smallest absolute Gasteiger partial charge is 0.338 e. The maximum absolute atomic E-state index is 12.4. The highest BCUT2D eigenvalue weighted by Gasteiger charge is 2.13. The first-order chi connectivity index (χ1) is 15.5. The average molecular weight is 427 g/mol. The lowest BCUT2D eigenvalue weighted by atomic mass is 10.0. The number of H-pyrrole nitrogens is 1. The molecule has 0 saturated carbocycles. The lowest BCUT2D eigenvalue weighted by Gasteiger charge is -2.12. The third kappa shape index (κ3) is 4.52. The van der Waals surface area contributed by atoms with Crippen molar-refractivity contribution >= 4 is 17.6 Å². The number of carbonyl (C=O) groups excluding carboxylic acids is 2. The Labute approximate surface area is 184 Å². The van der Waals surface area contributed by atoms with Crippen LogP contribution in [0.2, 0.25) is 0 Å². The second-order valence-electron chi connectivity index (χ2n) is 7.15. The summed E-state index contributed by atoms with van der Waals surface area (Å²) in [6.45, 7) is 1.38. The SMILES string of the molecule is Cc1c[nH]c(=O)n1-c1ccc(C(=O)OCC(=O)Nc2ccccc2-c2ccccc2)cc1. The molecular weight excluding hydrogens is 406 g/mol. The van der Waals surface area contributed by atoms with Gasteiger partial charge in [0.25, 0.3) is 5.91 Å². The Kier molecular flexibility index (Phi) is 5.98. The fourth-order valence-electron chi connectivity index (χ4n) is 3.39. The number of para-hydroxylation sites is 1. The van der Waals surface area contributed by atoms with Crippen molar-refractivity contribution in [1.82, 2.24) is 9.55 Å². The molecule has 0 bridgehead atoms. The van der Waals surface area contributed by atoms with E-state index in [1.807, 2.05) is 48.5 Å². The average Bonchev–Trinajstić information content (AvgIpc) is 3.16. The summed E-state index contributed by atoms with van der Waals surface area (Å²) in [4.78, 5) is 39.2. The van der Waals surface area contributed by atoms with Crippen LogP contribution in [0, 0.1) is 6.92 Å². The summed E-state index contributed by atoms with van der Waals surface area (Å²) < 4.78 is 6.65. The van der Waals surface area contributed by atoms with Gasteiger partial charge in [0.2, 0.25) is 0 Å². The molecule has 32 heavy (non-hydrogen) atoms. The predicted octanol–water partition coefficient (Wildman–Crippen LogP) is 3.94. The van der Waals surface area contributed by atoms with Gasteiger partial charge in [0.15, 0.2) is 6.61 Å². The first-order valence-electron chi connectivity index (χ1n) is 10.0. The summed E-state index contributed by atoms with van der Waals surface area (Å²) in [6.07, 6.45) is 1.61. The molecule has 0 aliphatic rings. The predicted molar refractivity (Wildman–Crippen MR) is 122 cm³/mol. The van der Waals surface area contributed by atoms with Crippen molar-refractivity contribution in [2.24, 2.45) is 0 Å². The number of benzene rings is 3. The summed E-state index contributed by atoms with van der Waals surface area (Å²) in [5.41, 5.74) is 3.88. The number of aryl methyl sites for hydroxylation is 1. The maximum Gasteiger partial charge on any atom is 0.338 e. The molecule has 0 aliphatic carbocycles. The minimum Gasteiger partial charge on any atom is -0.452 e. The molecule has 0 spiro atoms. The van der Waals surface area contributed by atoms with Gasteiger partial charge in [0.05, 0.1) is 11.3 Å². The Morgan fingerprint density at radius 2 is 1.62 bits per heavy atom. The highest BCUT2D eigenvalue weighted by Crippen LogP contribution is 2.27. The van der Waals surface area contributed by atoms with E-state index in [2.05, 4.69) is 10.3 Å². The van der Waals surface area contributed by atoms with Gasteiger partial charge in [0, 0.05) is 23.1 Å². The molecule has 0 saturated heterocycles. The van der Waals surface area contributed by atoms with Crippen molar-refractivity contribution in [1.29, 1.82) is 0 Å². The Bertz CT molecular complexity index is 1310. The van der Waals surface area contributed by atoms with Crippen molar-refractivity contribution in [3.05, 3.63) is 107 Å². The van der Waals surface area contributed by atoms with E-state index in [1.54, 1.807) is 43.5 Å². The van der Waals surface area contributed by atoms with Crippen molar-refractivity contribution in [2.75, 3.05) is 11.9 Å². The highest BCUT2D eigenvalue weighted by atomic mass is 16.5. The van der Waals surface area contributed by atoms with Crippen LogP contribution in [-0.4, -0.2) is 28.0 Å². The Morgan fingerprint density at radius 1 is 0.938 bits per heavy atom. The van der Waals surface area contributed by atoms with E-state index in [1.165, 1.54) is 4.57 Å². The molecular formula is C25H21N3O4. The number of nitrogens with zero attached hydrogens (tertiary/aromatic N) is 1. The molecule has 4 rings (SSSR count). The minimum atomic E-state index is -0.624. The number of amides is 1. The number of hydrogen-bond acceptors (Lipinski definition) is 4. The van der Waals surface area contributed by atoms with Crippen LogP contribution in [0.1, 0.15) is 16.1 Å². The molecule has 0 radical (unpaired) electrons. The highest BCUT2D eigenvalue weighted by molar-refractivity contribution is 5.98. The molecule has 4 aromatic rings. The third-order valence-electron chi connectivity index (χ3n) is 4.94. The number of aromatic nitrogens is 2. The normalized spacial score (nSPS) is 10.5. The largest absolute Gasteiger partial charge is 0.452 e. The van der Waals surface area contributed by atoms with Crippen LogP contribution in [0.15, 0.2) is 89.9 Å². The Hall–Kier alpha value is -4.39. The van der Waals surface area contributed by atoms with Crippen LogP contribution >= 0.6 is 0 Å². The van der Waals surface area contributed by atoms with Crippen LogP contribution in [0.3, 0.4) is 0 Å². The Balaban J connectivity index is 1.39. The molecule has 1 heterocycles. The minimum absolute atomic E-state index is 0.259. The van der Waals surface area contributed by atoms with Crippen molar-refractivity contribution in [2.45, 2.75) is 6.92 Å². The quantitative estimate of drug-likeness (QED) is 0.456. The van der Waals surface area contributed by atoms with Crippen LogP contribution in [0.25, 0.3) is 16.8 Å². The number of rotatable bonds is 6. The zero-order valence-corrected chi connectivity index (χ0v) is 17.4. The number of imidazole rings is 1. The lowest BCUT2D eigenvalue weighted by Crippen LogP contribution is -2.21. The van der Waals surface area contributed by atoms with Gasteiger partial charge in [-0.3, -0.25) is 9.36 Å². The summed E-state index contributed by atoms with van der Waals surface area (Å²) in [5.74, 6) is -1.06. The molecule has 2 N–H and O–H groups in total. The first-order valence-corrected chi connectivity index (χ1v) is 10.0. The number of carbonyl (C=O) groups is 2. The van der Waals surface area contributed by atoms with E-state index in [-0.39, 0.29) is 11.3 Å².